The van der Waals surface area contributed by atoms with Crippen LogP contribution in [0.2, 0.25) is 0 Å². The minimum absolute atomic E-state index is 0.0129. The van der Waals surface area contributed by atoms with Gasteiger partial charge in [-0.15, -0.1) is 0 Å². The molecular formula is C10H17N3O4S. The number of nitrogens with two attached hydrogens (primary N) is 1. The summed E-state index contributed by atoms with van der Waals surface area (Å²) in [4.78, 5) is 34.9. The van der Waals surface area contributed by atoms with Crippen molar-refractivity contribution >= 4 is 29.7 Å². The van der Waals surface area contributed by atoms with Gasteiger partial charge in [0.2, 0.25) is 5.91 Å². The number of amides is 3. The number of rotatable bonds is 5. The molecule has 18 heavy (non-hydrogen) atoms. The van der Waals surface area contributed by atoms with Gasteiger partial charge in [0.05, 0.1) is 0 Å². The monoisotopic (exact) mass is 275 g/mol. The fraction of sp³-hybridized carbons (Fsp3) is 0.700. The summed E-state index contributed by atoms with van der Waals surface area (Å²) in [6, 6.07) is -1.47. The number of carbonyl (C=O) groups excluding carboxylic acids is 2. The van der Waals surface area contributed by atoms with E-state index >= 15 is 0 Å². The number of carboxylic acids is 1. The molecule has 0 aliphatic carbocycles. The lowest BCUT2D eigenvalue weighted by Gasteiger charge is -2.28. The summed E-state index contributed by atoms with van der Waals surface area (Å²) in [7, 11) is 0. The van der Waals surface area contributed by atoms with Crippen LogP contribution in [0.4, 0.5) is 4.79 Å². The van der Waals surface area contributed by atoms with Crippen molar-refractivity contribution in [1.82, 2.24) is 10.2 Å². The normalized spacial score (nSPS) is 17.0. The minimum atomic E-state index is -1.16. The van der Waals surface area contributed by atoms with Crippen LogP contribution in [0.1, 0.15) is 12.8 Å². The van der Waals surface area contributed by atoms with E-state index < -0.39 is 23.9 Å². The van der Waals surface area contributed by atoms with Crippen LogP contribution < -0.4 is 11.1 Å². The topological polar surface area (TPSA) is 113 Å². The highest BCUT2D eigenvalue weighted by atomic mass is 32.2. The van der Waals surface area contributed by atoms with E-state index in [0.29, 0.717) is 13.1 Å². The van der Waals surface area contributed by atoms with Gasteiger partial charge in [-0.1, -0.05) is 0 Å². The molecule has 1 aliphatic heterocycles. The van der Waals surface area contributed by atoms with E-state index in [4.69, 9.17) is 10.8 Å². The average molecular weight is 275 g/mol. The number of nitrogens with zero attached hydrogens (tertiary/aromatic N) is 1. The molecule has 4 N–H and O–H groups in total. The van der Waals surface area contributed by atoms with Gasteiger partial charge < -0.3 is 21.1 Å². The van der Waals surface area contributed by atoms with Crippen molar-refractivity contribution in [1.29, 1.82) is 0 Å². The van der Waals surface area contributed by atoms with E-state index in [0.717, 1.165) is 11.5 Å². The molecule has 0 bridgehead atoms. The Labute approximate surface area is 109 Å². The number of nitrogens with one attached hydrogen (secondary N) is 1. The van der Waals surface area contributed by atoms with Gasteiger partial charge in [0.15, 0.2) is 0 Å². The van der Waals surface area contributed by atoms with Crippen LogP contribution in [0.5, 0.6) is 0 Å². The predicted octanol–water partition coefficient (Wildman–Crippen LogP) is -0.536. The number of aliphatic carboxylic acids is 1. The maximum atomic E-state index is 11.8. The maximum absolute atomic E-state index is 11.8. The molecule has 1 atom stereocenters. The highest BCUT2D eigenvalue weighted by Gasteiger charge is 2.24. The Kier molecular flexibility index (Phi) is 5.76. The van der Waals surface area contributed by atoms with E-state index in [-0.39, 0.29) is 12.8 Å². The van der Waals surface area contributed by atoms with Gasteiger partial charge in [-0.2, -0.15) is 11.8 Å². The largest absolute Gasteiger partial charge is 0.480 e. The first-order valence-electron chi connectivity index (χ1n) is 5.65. The first kappa shape index (κ1) is 14.6. The molecule has 3 amide bonds. The summed E-state index contributed by atoms with van der Waals surface area (Å²) >= 11 is 1.76. The van der Waals surface area contributed by atoms with E-state index in [9.17, 15) is 14.4 Å². The average Bonchev–Trinajstić information content (AvgIpc) is 2.34. The van der Waals surface area contributed by atoms with Crippen molar-refractivity contribution in [2.45, 2.75) is 18.9 Å². The number of urea groups is 1. The lowest BCUT2D eigenvalue weighted by molar-refractivity contribution is -0.139. The molecule has 1 rings (SSSR count). The van der Waals surface area contributed by atoms with Crippen molar-refractivity contribution < 1.29 is 19.5 Å². The molecule has 0 aromatic heterocycles. The number of carboxylic acid groups (broad SMARTS) is 1. The number of hydrogen-bond donors (Lipinski definition) is 3. The molecule has 1 heterocycles. The van der Waals surface area contributed by atoms with Crippen molar-refractivity contribution in [2.75, 3.05) is 24.6 Å². The molecule has 102 valence electrons. The van der Waals surface area contributed by atoms with Crippen LogP contribution in [0.15, 0.2) is 0 Å². The van der Waals surface area contributed by atoms with E-state index in [1.54, 1.807) is 16.7 Å². The highest BCUT2D eigenvalue weighted by molar-refractivity contribution is 7.99. The zero-order valence-electron chi connectivity index (χ0n) is 9.92. The molecule has 1 aliphatic rings. The SMILES string of the molecule is NC(=O)CC[C@H](NC(=O)N1CCSCC1)C(=O)O. The van der Waals surface area contributed by atoms with Crippen LogP contribution >= 0.6 is 11.8 Å². The first-order chi connectivity index (χ1) is 8.50. The Hall–Kier alpha value is -1.44. The fourth-order valence-corrected chi connectivity index (χ4v) is 2.45. The molecule has 1 saturated heterocycles. The Bertz CT molecular complexity index is 331. The van der Waals surface area contributed by atoms with Crippen LogP contribution in [0.3, 0.4) is 0 Å². The Morgan fingerprint density at radius 3 is 2.44 bits per heavy atom. The second kappa shape index (κ2) is 7.10. The van der Waals surface area contributed by atoms with Gasteiger partial charge in [-0.25, -0.2) is 9.59 Å². The second-order valence-electron chi connectivity index (χ2n) is 3.94. The number of primary amides is 1. The lowest BCUT2D eigenvalue weighted by atomic mass is 10.1. The van der Waals surface area contributed by atoms with Crippen LogP contribution in [0, 0.1) is 0 Å². The van der Waals surface area contributed by atoms with Gasteiger partial charge in [0.25, 0.3) is 0 Å². The van der Waals surface area contributed by atoms with Crippen LogP contribution in [0.25, 0.3) is 0 Å². The zero-order valence-corrected chi connectivity index (χ0v) is 10.7. The van der Waals surface area contributed by atoms with Gasteiger partial charge in [-0.3, -0.25) is 4.79 Å². The van der Waals surface area contributed by atoms with Crippen LogP contribution in [-0.2, 0) is 9.59 Å². The van der Waals surface area contributed by atoms with Gasteiger partial charge >= 0.3 is 12.0 Å². The Morgan fingerprint density at radius 2 is 1.94 bits per heavy atom. The van der Waals surface area contributed by atoms with E-state index in [2.05, 4.69) is 5.32 Å². The smallest absolute Gasteiger partial charge is 0.326 e. The third-order valence-corrected chi connectivity index (χ3v) is 3.52. The summed E-state index contributed by atoms with van der Waals surface area (Å²) < 4.78 is 0. The van der Waals surface area contributed by atoms with Gasteiger partial charge in [0, 0.05) is 31.0 Å². The fourth-order valence-electron chi connectivity index (χ4n) is 1.55. The molecular weight excluding hydrogens is 258 g/mol. The molecule has 0 spiro atoms. The molecule has 8 heteroatoms. The van der Waals surface area contributed by atoms with Gasteiger partial charge in [0.1, 0.15) is 6.04 Å². The van der Waals surface area contributed by atoms with E-state index in [1.165, 1.54) is 0 Å². The van der Waals surface area contributed by atoms with Crippen molar-refractivity contribution in [3.8, 4) is 0 Å². The molecule has 1 fully saturated rings. The Morgan fingerprint density at radius 1 is 1.33 bits per heavy atom. The minimum Gasteiger partial charge on any atom is -0.480 e. The summed E-state index contributed by atoms with van der Waals surface area (Å²) in [5.41, 5.74) is 4.96. The van der Waals surface area contributed by atoms with Crippen molar-refractivity contribution in [3.05, 3.63) is 0 Å². The summed E-state index contributed by atoms with van der Waals surface area (Å²) in [6.45, 7) is 1.22. The quantitative estimate of drug-likeness (QED) is 0.624. The zero-order chi connectivity index (χ0) is 13.5. The van der Waals surface area contributed by atoms with Gasteiger partial charge in [-0.05, 0) is 6.42 Å². The van der Waals surface area contributed by atoms with Crippen LogP contribution in [-0.4, -0.2) is 58.6 Å². The number of thioether (sulfide) groups is 1. The molecule has 0 aromatic carbocycles. The van der Waals surface area contributed by atoms with Crippen molar-refractivity contribution in [3.63, 3.8) is 0 Å². The summed E-state index contributed by atoms with van der Waals surface area (Å²) in [5, 5.41) is 11.4. The predicted molar refractivity (Wildman–Crippen MR) is 67.3 cm³/mol. The standard InChI is InChI=1S/C10H17N3O4S/c11-8(14)2-1-7(9(15)16)12-10(17)13-3-5-18-6-4-13/h7H,1-6H2,(H2,11,14)(H,12,17)(H,15,16)/t7-/m0/s1. The highest BCUT2D eigenvalue weighted by Crippen LogP contribution is 2.09. The third-order valence-electron chi connectivity index (χ3n) is 2.57. The molecule has 0 aromatic rings. The second-order valence-corrected chi connectivity index (χ2v) is 5.17. The number of hydrogen-bond acceptors (Lipinski definition) is 4. The van der Waals surface area contributed by atoms with E-state index in [1.807, 2.05) is 0 Å². The maximum Gasteiger partial charge on any atom is 0.326 e. The number of carbonyl (C=O) groups is 3. The molecule has 0 saturated carbocycles. The molecule has 0 unspecified atom stereocenters. The first-order valence-corrected chi connectivity index (χ1v) is 6.80. The lowest BCUT2D eigenvalue weighted by Crippen LogP contribution is -2.50. The Balaban J connectivity index is 2.46. The molecule has 0 radical (unpaired) electrons. The third kappa shape index (κ3) is 4.82. The molecule has 7 nitrogen and oxygen atoms in total. The summed E-state index contributed by atoms with van der Waals surface area (Å²) in [6.07, 6.45) is -0.0495. The summed E-state index contributed by atoms with van der Waals surface area (Å²) in [5.74, 6) is -0.0281. The van der Waals surface area contributed by atoms with Crippen molar-refractivity contribution in [2.24, 2.45) is 5.73 Å².